The lowest BCUT2D eigenvalue weighted by molar-refractivity contribution is -0.136. The maximum absolute atomic E-state index is 12.4. The van der Waals surface area contributed by atoms with Crippen molar-refractivity contribution in [1.29, 1.82) is 0 Å². The molecule has 6 nitrogen and oxygen atoms in total. The molecule has 116 valence electrons. The first-order chi connectivity index (χ1) is 9.89. The Morgan fingerprint density at radius 1 is 1.38 bits per heavy atom. The van der Waals surface area contributed by atoms with E-state index in [1.54, 1.807) is 4.90 Å². The van der Waals surface area contributed by atoms with E-state index in [0.717, 1.165) is 35.6 Å². The lowest BCUT2D eigenvalue weighted by Gasteiger charge is -2.45. The highest BCUT2D eigenvalue weighted by Crippen LogP contribution is 2.35. The minimum Gasteiger partial charge on any atom is -0.369 e. The molecular formula is C14H22BrN5O. The Morgan fingerprint density at radius 3 is 2.76 bits per heavy atom. The summed E-state index contributed by atoms with van der Waals surface area (Å²) in [4.78, 5) is 24.9. The van der Waals surface area contributed by atoms with Gasteiger partial charge in [0.2, 0.25) is 5.91 Å². The van der Waals surface area contributed by atoms with E-state index in [1.807, 2.05) is 25.8 Å². The fourth-order valence-electron chi connectivity index (χ4n) is 2.50. The van der Waals surface area contributed by atoms with Gasteiger partial charge in [-0.2, -0.15) is 0 Å². The van der Waals surface area contributed by atoms with Crippen LogP contribution in [0.1, 0.15) is 27.2 Å². The number of piperazine rings is 1. The van der Waals surface area contributed by atoms with E-state index in [-0.39, 0.29) is 5.91 Å². The number of nitrogens with one attached hydrogen (secondary N) is 1. The molecule has 0 atom stereocenters. The second kappa shape index (κ2) is 6.17. The number of amides is 1. The molecule has 2 rings (SSSR count). The molecule has 1 fully saturated rings. The van der Waals surface area contributed by atoms with Gasteiger partial charge in [0.05, 0.1) is 0 Å². The van der Waals surface area contributed by atoms with Gasteiger partial charge < -0.3 is 15.1 Å². The van der Waals surface area contributed by atoms with E-state index >= 15 is 0 Å². The van der Waals surface area contributed by atoms with Crippen molar-refractivity contribution in [2.24, 2.45) is 0 Å². The van der Waals surface area contributed by atoms with E-state index in [4.69, 9.17) is 0 Å². The summed E-state index contributed by atoms with van der Waals surface area (Å²) >= 11 is 3.58. The third kappa shape index (κ3) is 2.97. The minimum absolute atomic E-state index is 0.0994. The summed E-state index contributed by atoms with van der Waals surface area (Å²) in [5.41, 5.74) is -0.619. The number of nitrogens with zero attached hydrogens (tertiary/aromatic N) is 4. The monoisotopic (exact) mass is 355 g/mol. The topological polar surface area (TPSA) is 61.4 Å². The molecule has 0 bridgehead atoms. The van der Waals surface area contributed by atoms with Crippen molar-refractivity contribution in [3.63, 3.8) is 0 Å². The molecule has 1 aliphatic rings. The molecule has 1 saturated heterocycles. The molecule has 0 saturated carbocycles. The van der Waals surface area contributed by atoms with Crippen LogP contribution in [-0.2, 0) is 4.79 Å². The molecule has 1 aliphatic heterocycles. The van der Waals surface area contributed by atoms with Gasteiger partial charge in [-0.3, -0.25) is 4.79 Å². The number of hydrogen-bond donors (Lipinski definition) is 1. The van der Waals surface area contributed by atoms with Crippen LogP contribution in [0, 0.1) is 0 Å². The lowest BCUT2D eigenvalue weighted by Crippen LogP contribution is -2.62. The summed E-state index contributed by atoms with van der Waals surface area (Å²) in [6.45, 7) is 8.25. The van der Waals surface area contributed by atoms with Crippen molar-refractivity contribution < 1.29 is 4.79 Å². The van der Waals surface area contributed by atoms with Crippen LogP contribution in [0.25, 0.3) is 0 Å². The summed E-state index contributed by atoms with van der Waals surface area (Å²) in [6.07, 6.45) is 2.56. The van der Waals surface area contributed by atoms with Crippen LogP contribution in [0.15, 0.2) is 10.8 Å². The molecule has 1 amide bonds. The first kappa shape index (κ1) is 16.0. The third-order valence-corrected chi connectivity index (χ3v) is 4.50. The number of anilines is 2. The van der Waals surface area contributed by atoms with Gasteiger partial charge in [0.1, 0.15) is 28.0 Å². The number of rotatable bonds is 4. The zero-order valence-corrected chi connectivity index (χ0v) is 14.6. The Labute approximate surface area is 134 Å². The van der Waals surface area contributed by atoms with Crippen LogP contribution in [0.4, 0.5) is 11.6 Å². The average Bonchev–Trinajstić information content (AvgIpc) is 2.45. The maximum Gasteiger partial charge on any atom is 0.247 e. The minimum atomic E-state index is -0.619. The van der Waals surface area contributed by atoms with Crippen molar-refractivity contribution in [2.75, 3.05) is 36.9 Å². The molecule has 2 heterocycles. The highest BCUT2D eigenvalue weighted by atomic mass is 79.9. The SMILES string of the molecule is CCCNc1ncnc(N2CCN(C)C(=O)C2(C)C)c1Br. The third-order valence-electron chi connectivity index (χ3n) is 3.77. The Bertz CT molecular complexity index is 534. The standard InChI is InChI=1S/C14H22BrN5O/c1-5-6-16-11-10(15)12(18-9-17-11)20-8-7-19(4)13(21)14(20,2)3/h9H,5-8H2,1-4H3,(H,16,17,18). The molecule has 7 heteroatoms. The van der Waals surface area contributed by atoms with E-state index in [1.165, 1.54) is 6.33 Å². The predicted molar refractivity (Wildman–Crippen MR) is 87.6 cm³/mol. The molecule has 21 heavy (non-hydrogen) atoms. The van der Waals surface area contributed by atoms with E-state index in [0.29, 0.717) is 6.54 Å². The molecule has 1 aromatic heterocycles. The second-order valence-corrected chi connectivity index (χ2v) is 6.52. The first-order valence-electron chi connectivity index (χ1n) is 7.17. The molecule has 0 aliphatic carbocycles. The summed E-state index contributed by atoms with van der Waals surface area (Å²) in [5.74, 6) is 1.63. The highest BCUT2D eigenvalue weighted by molar-refractivity contribution is 9.10. The van der Waals surface area contributed by atoms with Gasteiger partial charge >= 0.3 is 0 Å². The lowest BCUT2D eigenvalue weighted by atomic mass is 9.98. The van der Waals surface area contributed by atoms with Gasteiger partial charge in [-0.25, -0.2) is 9.97 Å². The number of carbonyl (C=O) groups is 1. The van der Waals surface area contributed by atoms with Crippen LogP contribution < -0.4 is 10.2 Å². The molecule has 0 unspecified atom stereocenters. The van der Waals surface area contributed by atoms with E-state index in [9.17, 15) is 4.79 Å². The van der Waals surface area contributed by atoms with Gasteiger partial charge in [0.15, 0.2) is 0 Å². The number of halogens is 1. The largest absolute Gasteiger partial charge is 0.369 e. The number of hydrogen-bond acceptors (Lipinski definition) is 5. The normalized spacial score (nSPS) is 18.0. The number of carbonyl (C=O) groups excluding carboxylic acids is 1. The molecule has 1 aromatic rings. The molecule has 0 spiro atoms. The summed E-state index contributed by atoms with van der Waals surface area (Å²) in [7, 11) is 1.84. The molecule has 0 radical (unpaired) electrons. The van der Waals surface area contributed by atoms with E-state index < -0.39 is 5.54 Å². The molecular weight excluding hydrogens is 334 g/mol. The van der Waals surface area contributed by atoms with Crippen molar-refractivity contribution in [3.8, 4) is 0 Å². The zero-order chi connectivity index (χ0) is 15.6. The van der Waals surface area contributed by atoms with Crippen molar-refractivity contribution in [3.05, 3.63) is 10.8 Å². The quantitative estimate of drug-likeness (QED) is 0.896. The van der Waals surface area contributed by atoms with Crippen LogP contribution in [0.2, 0.25) is 0 Å². The second-order valence-electron chi connectivity index (χ2n) is 5.72. The molecule has 0 aromatic carbocycles. The fourth-order valence-corrected chi connectivity index (χ4v) is 3.06. The summed E-state index contributed by atoms with van der Waals surface area (Å²) in [6, 6.07) is 0. The predicted octanol–water partition coefficient (Wildman–Crippen LogP) is 2.12. The number of aromatic nitrogens is 2. The average molecular weight is 356 g/mol. The maximum atomic E-state index is 12.4. The Morgan fingerprint density at radius 2 is 2.10 bits per heavy atom. The van der Waals surface area contributed by atoms with Crippen molar-refractivity contribution in [2.45, 2.75) is 32.7 Å². The summed E-state index contributed by atoms with van der Waals surface area (Å²) < 4.78 is 0.809. The van der Waals surface area contributed by atoms with Gasteiger partial charge in [-0.15, -0.1) is 0 Å². The Hall–Kier alpha value is -1.37. The van der Waals surface area contributed by atoms with Gasteiger partial charge in [0.25, 0.3) is 0 Å². The van der Waals surface area contributed by atoms with E-state index in [2.05, 4.69) is 38.1 Å². The van der Waals surface area contributed by atoms with Crippen LogP contribution in [0.3, 0.4) is 0 Å². The fraction of sp³-hybridized carbons (Fsp3) is 0.643. The van der Waals surface area contributed by atoms with Gasteiger partial charge in [-0.05, 0) is 36.2 Å². The number of likely N-dealkylation sites (N-methyl/N-ethyl adjacent to an activating group) is 1. The van der Waals surface area contributed by atoms with Crippen LogP contribution >= 0.6 is 15.9 Å². The Balaban J connectivity index is 2.35. The smallest absolute Gasteiger partial charge is 0.247 e. The first-order valence-corrected chi connectivity index (χ1v) is 7.96. The highest BCUT2D eigenvalue weighted by Gasteiger charge is 2.42. The zero-order valence-electron chi connectivity index (χ0n) is 13.0. The van der Waals surface area contributed by atoms with Crippen LogP contribution in [0.5, 0.6) is 0 Å². The van der Waals surface area contributed by atoms with Crippen molar-refractivity contribution in [1.82, 2.24) is 14.9 Å². The van der Waals surface area contributed by atoms with Gasteiger partial charge in [0, 0.05) is 26.7 Å². The van der Waals surface area contributed by atoms with Crippen LogP contribution in [-0.4, -0.2) is 53.0 Å². The van der Waals surface area contributed by atoms with Gasteiger partial charge in [-0.1, -0.05) is 6.92 Å². The molecule has 1 N–H and O–H groups in total. The van der Waals surface area contributed by atoms with Crippen molar-refractivity contribution >= 4 is 33.5 Å². The Kier molecular flexibility index (Phi) is 4.70. The summed E-state index contributed by atoms with van der Waals surface area (Å²) in [5, 5.41) is 3.27.